The first kappa shape index (κ1) is 8.10. The van der Waals surface area contributed by atoms with Crippen LogP contribution in [0.3, 0.4) is 0 Å². The van der Waals surface area contributed by atoms with Crippen LogP contribution in [-0.2, 0) is 0 Å². The van der Waals surface area contributed by atoms with Gasteiger partial charge in [-0.2, -0.15) is 0 Å². The summed E-state index contributed by atoms with van der Waals surface area (Å²) < 4.78 is 35.4. The molecule has 0 aromatic heterocycles. The molecule has 10 heavy (non-hydrogen) atoms. The van der Waals surface area contributed by atoms with Crippen LogP contribution in [0.2, 0.25) is 0 Å². The van der Waals surface area contributed by atoms with Crippen molar-refractivity contribution < 1.29 is 13.2 Å². The summed E-state index contributed by atoms with van der Waals surface area (Å²) in [6, 6.07) is 0. The fraction of sp³-hybridized carbons (Fsp3) is 0.333. The number of halogens is 4. The predicted octanol–water partition coefficient (Wildman–Crippen LogP) is 3.20. The van der Waals surface area contributed by atoms with Gasteiger partial charge in [-0.1, -0.05) is 0 Å². The minimum atomic E-state index is -1.89. The smallest absolute Gasteiger partial charge is 0.188 e. The lowest BCUT2D eigenvalue weighted by Gasteiger charge is -2.15. The minimum Gasteiger partial charge on any atom is -0.227 e. The first-order valence-corrected chi connectivity index (χ1v) is 3.70. The van der Waals surface area contributed by atoms with Gasteiger partial charge in [0.15, 0.2) is 3.68 Å². The molecule has 0 aromatic rings. The number of hydrogen-bond donors (Lipinski definition) is 0. The first-order chi connectivity index (χ1) is 4.49. The lowest BCUT2D eigenvalue weighted by atomic mass is 10.1. The highest BCUT2D eigenvalue weighted by molar-refractivity contribution is 14.1. The molecule has 0 spiro atoms. The van der Waals surface area contributed by atoms with E-state index in [1.165, 1.54) is 22.6 Å². The van der Waals surface area contributed by atoms with Crippen molar-refractivity contribution >= 4 is 22.6 Å². The van der Waals surface area contributed by atoms with Crippen LogP contribution in [0.1, 0.15) is 6.42 Å². The van der Waals surface area contributed by atoms with Crippen LogP contribution in [0.5, 0.6) is 0 Å². The molecule has 1 aliphatic carbocycles. The summed E-state index contributed by atoms with van der Waals surface area (Å²) in [7, 11) is 0. The van der Waals surface area contributed by atoms with Crippen molar-refractivity contribution in [2.75, 3.05) is 0 Å². The Kier molecular flexibility index (Phi) is 2.07. The van der Waals surface area contributed by atoms with Crippen LogP contribution in [0, 0.1) is 0 Å². The summed E-state index contributed by atoms with van der Waals surface area (Å²) in [5, 5.41) is 0. The lowest BCUT2D eigenvalue weighted by Crippen LogP contribution is -2.12. The Morgan fingerprint density at radius 2 is 2.10 bits per heavy atom. The highest BCUT2D eigenvalue weighted by Crippen LogP contribution is 2.36. The fourth-order valence-electron chi connectivity index (χ4n) is 0.720. The maximum Gasteiger partial charge on any atom is 0.188 e. The quantitative estimate of drug-likeness (QED) is 0.463. The summed E-state index contributed by atoms with van der Waals surface area (Å²) in [6.45, 7) is 0. The third-order valence-corrected chi connectivity index (χ3v) is 1.74. The molecule has 1 unspecified atom stereocenters. The normalized spacial score (nSPS) is 33.2. The highest BCUT2D eigenvalue weighted by atomic mass is 127. The van der Waals surface area contributed by atoms with Gasteiger partial charge in [0.1, 0.15) is 11.7 Å². The summed E-state index contributed by atoms with van der Waals surface area (Å²) >= 11 is 1.36. The van der Waals surface area contributed by atoms with Crippen LogP contribution < -0.4 is 0 Å². The molecular weight excluding hydrogens is 256 g/mol. The van der Waals surface area contributed by atoms with Crippen LogP contribution in [0.25, 0.3) is 0 Å². The molecule has 0 heterocycles. The van der Waals surface area contributed by atoms with Gasteiger partial charge in [0.05, 0.1) is 0 Å². The zero-order valence-corrected chi connectivity index (χ0v) is 7.03. The Bertz CT molecular complexity index is 205. The van der Waals surface area contributed by atoms with E-state index in [2.05, 4.69) is 0 Å². The molecule has 4 heteroatoms. The Morgan fingerprint density at radius 1 is 1.50 bits per heavy atom. The second kappa shape index (κ2) is 2.56. The fourth-order valence-corrected chi connectivity index (χ4v) is 1.38. The van der Waals surface area contributed by atoms with Crippen molar-refractivity contribution in [2.24, 2.45) is 0 Å². The molecular formula is C6H4F3I. The zero-order valence-electron chi connectivity index (χ0n) is 4.87. The van der Waals surface area contributed by atoms with Crippen LogP contribution in [0.15, 0.2) is 23.8 Å². The molecule has 0 amide bonds. The molecule has 56 valence electrons. The molecule has 0 bridgehead atoms. The number of alkyl halides is 2. The van der Waals surface area contributed by atoms with Gasteiger partial charge in [-0.15, -0.1) is 0 Å². The van der Waals surface area contributed by atoms with E-state index in [0.717, 1.165) is 6.08 Å². The number of rotatable bonds is 0. The van der Waals surface area contributed by atoms with E-state index in [1.54, 1.807) is 0 Å². The third kappa shape index (κ3) is 2.00. The largest absolute Gasteiger partial charge is 0.227 e. The van der Waals surface area contributed by atoms with E-state index in [4.69, 9.17) is 0 Å². The van der Waals surface area contributed by atoms with Crippen molar-refractivity contribution in [3.63, 3.8) is 0 Å². The number of allylic oxidation sites excluding steroid dienone is 4. The molecule has 1 rings (SSSR count). The first-order valence-electron chi connectivity index (χ1n) is 2.62. The van der Waals surface area contributed by atoms with E-state index in [0.29, 0.717) is 6.08 Å². The summed E-state index contributed by atoms with van der Waals surface area (Å²) in [5.41, 5.74) is 0. The summed E-state index contributed by atoms with van der Waals surface area (Å²) in [6.07, 6.45) is 1.08. The average Bonchev–Trinajstić information content (AvgIpc) is 1.54. The zero-order chi connectivity index (χ0) is 7.78. The van der Waals surface area contributed by atoms with Gasteiger partial charge < -0.3 is 0 Å². The topological polar surface area (TPSA) is 0 Å². The maximum atomic E-state index is 12.8. The van der Waals surface area contributed by atoms with Gasteiger partial charge >= 0.3 is 0 Å². The Hall–Kier alpha value is -0.0000000000000000555. The maximum absolute atomic E-state index is 12.8. The third-order valence-electron chi connectivity index (χ3n) is 1.05. The van der Waals surface area contributed by atoms with Crippen molar-refractivity contribution in [3.8, 4) is 0 Å². The molecule has 0 saturated heterocycles. The van der Waals surface area contributed by atoms with E-state index >= 15 is 0 Å². The van der Waals surface area contributed by atoms with Gasteiger partial charge in [-0.3, -0.25) is 0 Å². The monoisotopic (exact) mass is 260 g/mol. The van der Waals surface area contributed by atoms with Gasteiger partial charge in [0, 0.05) is 12.5 Å². The van der Waals surface area contributed by atoms with E-state index in [1.807, 2.05) is 0 Å². The van der Waals surface area contributed by atoms with E-state index < -0.39 is 15.3 Å². The molecule has 0 aliphatic heterocycles. The average molecular weight is 260 g/mol. The lowest BCUT2D eigenvalue weighted by molar-refractivity contribution is 0.341. The molecule has 0 aromatic carbocycles. The summed E-state index contributed by atoms with van der Waals surface area (Å²) in [5.74, 6) is -1.60. The second-order valence-electron chi connectivity index (χ2n) is 2.06. The van der Waals surface area contributed by atoms with E-state index in [-0.39, 0.29) is 6.42 Å². The SMILES string of the molecule is FC1=CC(F)(I)CC(F)=C1. The summed E-state index contributed by atoms with van der Waals surface area (Å²) in [4.78, 5) is 0. The number of hydrogen-bond acceptors (Lipinski definition) is 0. The van der Waals surface area contributed by atoms with Crippen molar-refractivity contribution in [1.29, 1.82) is 0 Å². The van der Waals surface area contributed by atoms with Crippen molar-refractivity contribution in [2.45, 2.75) is 10.1 Å². The standard InChI is InChI=1S/C6H4F3I/c7-4-1-5(8)3-6(9,10)2-4/h1-2H,3H2. The van der Waals surface area contributed by atoms with Gasteiger partial charge in [0.25, 0.3) is 0 Å². The van der Waals surface area contributed by atoms with Crippen LogP contribution >= 0.6 is 22.6 Å². The van der Waals surface area contributed by atoms with Crippen molar-refractivity contribution in [3.05, 3.63) is 23.8 Å². The molecule has 0 N–H and O–H groups in total. The molecule has 0 saturated carbocycles. The Balaban J connectivity index is 2.88. The Labute approximate surface area is 69.9 Å². The van der Waals surface area contributed by atoms with Gasteiger partial charge in [-0.25, -0.2) is 13.2 Å². The van der Waals surface area contributed by atoms with Crippen LogP contribution in [0.4, 0.5) is 13.2 Å². The molecule has 1 aliphatic rings. The predicted molar refractivity (Wildman–Crippen MR) is 40.9 cm³/mol. The van der Waals surface area contributed by atoms with Gasteiger partial charge in [-0.05, 0) is 28.7 Å². The molecule has 0 nitrogen and oxygen atoms in total. The van der Waals surface area contributed by atoms with Crippen molar-refractivity contribution in [1.82, 2.24) is 0 Å². The minimum absolute atomic E-state index is 0.374. The molecule has 0 radical (unpaired) electrons. The van der Waals surface area contributed by atoms with E-state index in [9.17, 15) is 13.2 Å². The molecule has 0 fully saturated rings. The second-order valence-corrected chi connectivity index (χ2v) is 3.85. The Morgan fingerprint density at radius 3 is 2.50 bits per heavy atom. The van der Waals surface area contributed by atoms with Gasteiger partial charge in [0.2, 0.25) is 0 Å². The van der Waals surface area contributed by atoms with Crippen LogP contribution in [-0.4, -0.2) is 3.68 Å². The highest BCUT2D eigenvalue weighted by Gasteiger charge is 2.28. The molecule has 1 atom stereocenters.